The summed E-state index contributed by atoms with van der Waals surface area (Å²) >= 11 is 6.10. The lowest BCUT2D eigenvalue weighted by molar-refractivity contribution is 0.619. The third-order valence-corrected chi connectivity index (χ3v) is 4.18. The highest BCUT2D eigenvalue weighted by molar-refractivity contribution is 6.29. The normalized spacial score (nSPS) is 10.8. The Balaban J connectivity index is 1.79. The van der Waals surface area contributed by atoms with Crippen LogP contribution in [0, 0.1) is 5.82 Å². The summed E-state index contributed by atoms with van der Waals surface area (Å²) in [7, 11) is 0. The Hall–Kier alpha value is -3.05. The summed E-state index contributed by atoms with van der Waals surface area (Å²) in [5.74, 6) is 0.251. The summed E-state index contributed by atoms with van der Waals surface area (Å²) in [5.41, 5.74) is 3.52. The van der Waals surface area contributed by atoms with Crippen molar-refractivity contribution in [2.24, 2.45) is 0 Å². The SMILES string of the molecule is Fc1ccc(CNc2nc(Cl)nc3cccc(-c4ccccc4)c23)nc1. The van der Waals surface area contributed by atoms with Crippen LogP contribution in [0.2, 0.25) is 5.28 Å². The molecule has 0 aliphatic carbocycles. The van der Waals surface area contributed by atoms with Crippen LogP contribution in [0.5, 0.6) is 0 Å². The number of benzene rings is 2. The Morgan fingerprint density at radius 2 is 1.77 bits per heavy atom. The minimum absolute atomic E-state index is 0.164. The zero-order chi connectivity index (χ0) is 17.9. The van der Waals surface area contributed by atoms with Gasteiger partial charge in [0.1, 0.15) is 11.6 Å². The third-order valence-electron chi connectivity index (χ3n) is 4.01. The van der Waals surface area contributed by atoms with E-state index in [0.29, 0.717) is 18.1 Å². The number of aromatic nitrogens is 3. The summed E-state index contributed by atoms with van der Waals surface area (Å²) in [4.78, 5) is 12.8. The lowest BCUT2D eigenvalue weighted by Gasteiger charge is -2.13. The lowest BCUT2D eigenvalue weighted by atomic mass is 10.0. The van der Waals surface area contributed by atoms with Crippen molar-refractivity contribution in [1.29, 1.82) is 0 Å². The molecule has 1 N–H and O–H groups in total. The standard InChI is InChI=1S/C20H14ClFN4/c21-20-25-17-8-4-7-16(13-5-2-1-3-6-13)18(17)19(26-20)24-12-15-10-9-14(22)11-23-15/h1-11H,12H2,(H,24,25,26). The Labute approximate surface area is 154 Å². The van der Waals surface area contributed by atoms with Gasteiger partial charge in [0.25, 0.3) is 0 Å². The average molecular weight is 365 g/mol. The number of hydrogen-bond acceptors (Lipinski definition) is 4. The van der Waals surface area contributed by atoms with E-state index in [0.717, 1.165) is 22.0 Å². The van der Waals surface area contributed by atoms with Crippen LogP contribution in [0.25, 0.3) is 22.0 Å². The molecule has 2 aromatic carbocycles. The van der Waals surface area contributed by atoms with Gasteiger partial charge in [0.2, 0.25) is 5.28 Å². The molecule has 26 heavy (non-hydrogen) atoms. The van der Waals surface area contributed by atoms with Crippen molar-refractivity contribution in [3.05, 3.63) is 83.7 Å². The maximum atomic E-state index is 13.0. The molecule has 2 heterocycles. The van der Waals surface area contributed by atoms with Crippen molar-refractivity contribution >= 4 is 28.3 Å². The van der Waals surface area contributed by atoms with Crippen molar-refractivity contribution in [2.75, 3.05) is 5.32 Å². The maximum absolute atomic E-state index is 13.0. The summed E-state index contributed by atoms with van der Waals surface area (Å²) in [6.07, 6.45) is 1.19. The van der Waals surface area contributed by atoms with Crippen LogP contribution in [-0.4, -0.2) is 15.0 Å². The molecule has 4 aromatic rings. The van der Waals surface area contributed by atoms with Crippen LogP contribution in [0.15, 0.2) is 66.9 Å². The molecule has 4 rings (SSSR count). The van der Waals surface area contributed by atoms with Crippen molar-refractivity contribution in [3.8, 4) is 11.1 Å². The highest BCUT2D eigenvalue weighted by Crippen LogP contribution is 2.33. The first kappa shape index (κ1) is 16.4. The molecular weight excluding hydrogens is 351 g/mol. The average Bonchev–Trinajstić information content (AvgIpc) is 2.67. The molecule has 0 saturated heterocycles. The van der Waals surface area contributed by atoms with E-state index >= 15 is 0 Å². The molecule has 0 radical (unpaired) electrons. The summed E-state index contributed by atoms with van der Waals surface area (Å²) in [6.45, 7) is 0.395. The first-order valence-corrected chi connectivity index (χ1v) is 8.44. The third kappa shape index (κ3) is 3.34. The molecule has 0 spiro atoms. The first-order chi connectivity index (χ1) is 12.7. The molecular formula is C20H14ClFN4. The van der Waals surface area contributed by atoms with Gasteiger partial charge in [-0.05, 0) is 40.9 Å². The van der Waals surface area contributed by atoms with Crippen LogP contribution >= 0.6 is 11.6 Å². The molecule has 0 bridgehead atoms. The van der Waals surface area contributed by atoms with E-state index in [1.54, 1.807) is 6.07 Å². The van der Waals surface area contributed by atoms with Crippen LogP contribution < -0.4 is 5.32 Å². The Morgan fingerprint density at radius 3 is 2.54 bits per heavy atom. The van der Waals surface area contributed by atoms with Gasteiger partial charge in [-0.3, -0.25) is 4.98 Å². The first-order valence-electron chi connectivity index (χ1n) is 8.07. The minimum Gasteiger partial charge on any atom is -0.364 e. The number of nitrogens with one attached hydrogen (secondary N) is 1. The zero-order valence-corrected chi connectivity index (χ0v) is 14.4. The second-order valence-electron chi connectivity index (χ2n) is 5.73. The van der Waals surface area contributed by atoms with Gasteiger partial charge in [0.15, 0.2) is 0 Å². The van der Waals surface area contributed by atoms with E-state index < -0.39 is 0 Å². The van der Waals surface area contributed by atoms with Gasteiger partial charge in [-0.25, -0.2) is 14.4 Å². The largest absolute Gasteiger partial charge is 0.364 e. The minimum atomic E-state index is -0.365. The number of nitrogens with zero attached hydrogens (tertiary/aromatic N) is 3. The number of fused-ring (bicyclic) bond motifs is 1. The van der Waals surface area contributed by atoms with E-state index in [9.17, 15) is 4.39 Å². The van der Waals surface area contributed by atoms with Crippen LogP contribution in [0.3, 0.4) is 0 Å². The number of pyridine rings is 1. The molecule has 0 fully saturated rings. The van der Waals surface area contributed by atoms with Crippen LogP contribution in [0.1, 0.15) is 5.69 Å². The van der Waals surface area contributed by atoms with E-state index in [1.807, 2.05) is 48.5 Å². The van der Waals surface area contributed by atoms with Crippen molar-refractivity contribution in [3.63, 3.8) is 0 Å². The molecule has 0 atom stereocenters. The molecule has 128 valence electrons. The number of halogens is 2. The predicted molar refractivity (Wildman–Crippen MR) is 102 cm³/mol. The van der Waals surface area contributed by atoms with Gasteiger partial charge in [-0.1, -0.05) is 42.5 Å². The number of hydrogen-bond donors (Lipinski definition) is 1. The van der Waals surface area contributed by atoms with E-state index in [4.69, 9.17) is 11.6 Å². The van der Waals surface area contributed by atoms with Crippen LogP contribution in [-0.2, 0) is 6.54 Å². The second-order valence-corrected chi connectivity index (χ2v) is 6.07. The number of rotatable bonds is 4. The highest BCUT2D eigenvalue weighted by Gasteiger charge is 2.12. The monoisotopic (exact) mass is 364 g/mol. The summed E-state index contributed by atoms with van der Waals surface area (Å²) in [5, 5.41) is 4.30. The van der Waals surface area contributed by atoms with Crippen molar-refractivity contribution in [1.82, 2.24) is 15.0 Å². The maximum Gasteiger partial charge on any atom is 0.224 e. The zero-order valence-electron chi connectivity index (χ0n) is 13.7. The molecule has 0 aliphatic rings. The predicted octanol–water partition coefficient (Wildman–Crippen LogP) is 5.10. The van der Waals surface area contributed by atoms with Crippen molar-refractivity contribution in [2.45, 2.75) is 6.54 Å². The molecule has 0 aliphatic heterocycles. The Bertz CT molecular complexity index is 1050. The van der Waals surface area contributed by atoms with E-state index in [2.05, 4.69) is 20.3 Å². The van der Waals surface area contributed by atoms with E-state index in [1.165, 1.54) is 12.3 Å². The lowest BCUT2D eigenvalue weighted by Crippen LogP contribution is -2.05. The smallest absolute Gasteiger partial charge is 0.224 e. The molecule has 0 saturated carbocycles. The topological polar surface area (TPSA) is 50.7 Å². The van der Waals surface area contributed by atoms with Gasteiger partial charge in [-0.2, -0.15) is 0 Å². The van der Waals surface area contributed by atoms with Gasteiger partial charge in [0.05, 0.1) is 29.3 Å². The molecule has 4 nitrogen and oxygen atoms in total. The molecule has 2 aromatic heterocycles. The highest BCUT2D eigenvalue weighted by atomic mass is 35.5. The van der Waals surface area contributed by atoms with Crippen molar-refractivity contribution < 1.29 is 4.39 Å². The Morgan fingerprint density at radius 1 is 0.923 bits per heavy atom. The molecule has 0 amide bonds. The van der Waals surface area contributed by atoms with Gasteiger partial charge in [-0.15, -0.1) is 0 Å². The number of anilines is 1. The molecule has 6 heteroatoms. The fraction of sp³-hybridized carbons (Fsp3) is 0.0500. The van der Waals surface area contributed by atoms with Crippen LogP contribution in [0.4, 0.5) is 10.2 Å². The van der Waals surface area contributed by atoms with Gasteiger partial charge >= 0.3 is 0 Å². The second kappa shape index (κ2) is 7.06. The summed E-state index contributed by atoms with van der Waals surface area (Å²) in [6, 6.07) is 18.9. The Kier molecular flexibility index (Phi) is 4.46. The fourth-order valence-electron chi connectivity index (χ4n) is 2.83. The van der Waals surface area contributed by atoms with E-state index in [-0.39, 0.29) is 11.1 Å². The van der Waals surface area contributed by atoms with Gasteiger partial charge < -0.3 is 5.32 Å². The molecule has 0 unspecified atom stereocenters. The quantitative estimate of drug-likeness (QED) is 0.512. The van der Waals surface area contributed by atoms with Gasteiger partial charge in [0, 0.05) is 0 Å². The summed E-state index contributed by atoms with van der Waals surface area (Å²) < 4.78 is 13.0. The fourth-order valence-corrected chi connectivity index (χ4v) is 3.00.